The number of carbonyl (C=O) groups excluding carboxylic acids is 1. The van der Waals surface area contributed by atoms with E-state index in [1.54, 1.807) is 16.9 Å². The molecule has 1 aliphatic carbocycles. The quantitative estimate of drug-likeness (QED) is 0.349. The average molecular weight is 594 g/mol. The Hall–Kier alpha value is -3.04. The number of alkyl halides is 3. The molecule has 3 aliphatic rings. The van der Waals surface area contributed by atoms with Crippen LogP contribution < -0.4 is 15.5 Å². The van der Waals surface area contributed by atoms with Crippen molar-refractivity contribution in [1.82, 2.24) is 29.6 Å². The normalized spacial score (nSPS) is 20.9. The van der Waals surface area contributed by atoms with Crippen molar-refractivity contribution in [2.24, 2.45) is 11.8 Å². The van der Waals surface area contributed by atoms with Gasteiger partial charge in [-0.15, -0.1) is 0 Å². The summed E-state index contributed by atoms with van der Waals surface area (Å²) in [5.74, 6) is 7.37. The van der Waals surface area contributed by atoms with Crippen LogP contribution in [0.5, 0.6) is 0 Å². The van der Waals surface area contributed by atoms with Gasteiger partial charge in [0.05, 0.1) is 0 Å². The Bertz CT molecular complexity index is 1370. The van der Waals surface area contributed by atoms with Gasteiger partial charge >= 0.3 is 170 Å². The fourth-order valence-electron chi connectivity index (χ4n) is 4.52. The second-order valence-corrected chi connectivity index (χ2v) is 11.9. The van der Waals surface area contributed by atoms with Gasteiger partial charge in [-0.3, -0.25) is 0 Å². The fraction of sp³-hybridized carbons (Fsp3) is 0.480. The summed E-state index contributed by atoms with van der Waals surface area (Å²) in [5, 5.41) is 6.46. The Balaban J connectivity index is 0.000000310. The van der Waals surface area contributed by atoms with E-state index in [0.29, 0.717) is 18.8 Å². The van der Waals surface area contributed by atoms with Gasteiger partial charge in [-0.2, -0.15) is 0 Å². The van der Waals surface area contributed by atoms with Gasteiger partial charge in [0.15, 0.2) is 0 Å². The Morgan fingerprint density at radius 1 is 1.32 bits per heavy atom. The number of amides is 1. The van der Waals surface area contributed by atoms with E-state index in [2.05, 4.69) is 39.3 Å². The molecule has 0 spiro atoms. The number of rotatable bonds is 4. The first kappa shape index (κ1) is 26.6. The molecule has 2 saturated heterocycles. The van der Waals surface area contributed by atoms with Gasteiger partial charge < -0.3 is 9.64 Å². The molecule has 38 heavy (non-hydrogen) atoms. The van der Waals surface area contributed by atoms with E-state index in [1.165, 1.54) is 48.8 Å². The van der Waals surface area contributed by atoms with E-state index >= 15 is 0 Å². The number of nitrogens with zero attached hydrogens (tertiary/aromatic N) is 5. The van der Waals surface area contributed by atoms with Crippen LogP contribution in [0.2, 0.25) is 0 Å². The van der Waals surface area contributed by atoms with Crippen molar-refractivity contribution in [3.8, 4) is 11.8 Å². The number of likely N-dealkylation sites (tertiary alicyclic amines) is 1. The second kappa shape index (κ2) is 11.0. The Labute approximate surface area is 224 Å². The molecule has 3 aromatic rings. The Kier molecular flexibility index (Phi) is 7.68. The molecular weight excluding hydrogens is 566 g/mol. The number of piperidine rings is 1. The molecule has 202 valence electrons. The van der Waals surface area contributed by atoms with Gasteiger partial charge in [0.2, 0.25) is 0 Å². The molecular formula is C25H28F3N7O2Se. The molecule has 3 aromatic heterocycles. The van der Waals surface area contributed by atoms with Crippen molar-refractivity contribution in [3.05, 3.63) is 41.9 Å². The summed E-state index contributed by atoms with van der Waals surface area (Å²) >= 11 is -1.84. The number of carbonyl (C=O) groups is 1. The third kappa shape index (κ3) is 6.32. The SMILES string of the molecule is CN1CCC2CC2C1.Nc1cccc2c([Se]C(F)(F)F)c(C#CCNC(=O)c3cnn(C4COC4)c3)nn12. The van der Waals surface area contributed by atoms with Crippen molar-refractivity contribution >= 4 is 36.7 Å². The summed E-state index contributed by atoms with van der Waals surface area (Å²) in [5.41, 5.74) is 6.44. The minimum atomic E-state index is -4.36. The first-order chi connectivity index (χ1) is 18.2. The third-order valence-electron chi connectivity index (χ3n) is 6.76. The molecule has 3 fully saturated rings. The zero-order valence-electron chi connectivity index (χ0n) is 20.7. The number of nitrogens with two attached hydrogens (primary N) is 1. The van der Waals surface area contributed by atoms with E-state index in [4.69, 9.17) is 10.5 Å². The van der Waals surface area contributed by atoms with E-state index in [0.717, 1.165) is 11.8 Å². The zero-order valence-corrected chi connectivity index (χ0v) is 22.5. The van der Waals surface area contributed by atoms with Crippen LogP contribution >= 0.6 is 0 Å². The molecule has 2 unspecified atom stereocenters. The summed E-state index contributed by atoms with van der Waals surface area (Å²) < 4.78 is 47.1. The summed E-state index contributed by atoms with van der Waals surface area (Å²) in [6, 6.07) is 4.75. The predicted molar refractivity (Wildman–Crippen MR) is 136 cm³/mol. The van der Waals surface area contributed by atoms with Gasteiger partial charge in [-0.1, -0.05) is 0 Å². The molecule has 0 aromatic carbocycles. The Morgan fingerprint density at radius 2 is 2.13 bits per heavy atom. The summed E-state index contributed by atoms with van der Waals surface area (Å²) in [7, 11) is 2.23. The van der Waals surface area contributed by atoms with Crippen LogP contribution in [0.4, 0.5) is 19.0 Å². The van der Waals surface area contributed by atoms with Crippen molar-refractivity contribution in [2.75, 3.05) is 45.6 Å². The van der Waals surface area contributed by atoms with Crippen LogP contribution in [0.3, 0.4) is 0 Å². The van der Waals surface area contributed by atoms with Crippen LogP contribution in [-0.4, -0.2) is 90.1 Å². The van der Waals surface area contributed by atoms with Crippen LogP contribution in [0.25, 0.3) is 5.52 Å². The van der Waals surface area contributed by atoms with Crippen molar-refractivity contribution in [2.45, 2.75) is 24.0 Å². The van der Waals surface area contributed by atoms with Gasteiger partial charge in [-0.25, -0.2) is 0 Å². The summed E-state index contributed by atoms with van der Waals surface area (Å²) in [6.07, 6.45) is 6.06. The number of halogens is 3. The number of hydrogen-bond donors (Lipinski definition) is 2. The van der Waals surface area contributed by atoms with Crippen LogP contribution in [0, 0.1) is 23.7 Å². The number of nitrogen functional groups attached to an aromatic ring is 1. The molecule has 6 rings (SSSR count). The zero-order chi connectivity index (χ0) is 26.9. The van der Waals surface area contributed by atoms with Gasteiger partial charge in [0, 0.05) is 6.54 Å². The van der Waals surface area contributed by atoms with Crippen molar-refractivity contribution in [1.29, 1.82) is 0 Å². The minimum absolute atomic E-state index is 0.00252. The van der Waals surface area contributed by atoms with Crippen LogP contribution in [0.1, 0.15) is 34.9 Å². The van der Waals surface area contributed by atoms with Crippen LogP contribution in [0.15, 0.2) is 30.6 Å². The molecule has 0 bridgehead atoms. The molecule has 5 heterocycles. The molecule has 13 heteroatoms. The maximum absolute atomic E-state index is 13.0. The second-order valence-electron chi connectivity index (χ2n) is 9.66. The van der Waals surface area contributed by atoms with Crippen molar-refractivity contribution in [3.63, 3.8) is 0 Å². The number of nitrogens with one attached hydrogen (secondary N) is 1. The third-order valence-corrected chi connectivity index (χ3v) is 8.52. The van der Waals surface area contributed by atoms with Gasteiger partial charge in [0.1, 0.15) is 0 Å². The van der Waals surface area contributed by atoms with E-state index in [1.807, 2.05) is 0 Å². The molecule has 2 atom stereocenters. The molecule has 0 radical (unpaired) electrons. The monoisotopic (exact) mass is 595 g/mol. The summed E-state index contributed by atoms with van der Waals surface area (Å²) in [6.45, 7) is 3.78. The number of anilines is 1. The van der Waals surface area contributed by atoms with E-state index in [9.17, 15) is 18.0 Å². The molecule has 1 saturated carbocycles. The molecule has 9 nitrogen and oxygen atoms in total. The number of fused-ring (bicyclic) bond motifs is 2. The predicted octanol–water partition coefficient (Wildman–Crippen LogP) is 1.27. The number of aromatic nitrogens is 4. The van der Waals surface area contributed by atoms with Gasteiger partial charge in [-0.05, 0) is 38.3 Å². The van der Waals surface area contributed by atoms with Gasteiger partial charge in [0.25, 0.3) is 0 Å². The molecule has 1 amide bonds. The number of ether oxygens (including phenoxy) is 1. The Morgan fingerprint density at radius 3 is 2.82 bits per heavy atom. The fourth-order valence-corrected chi connectivity index (χ4v) is 5.94. The van der Waals surface area contributed by atoms with E-state index < -0.39 is 20.0 Å². The first-order valence-corrected chi connectivity index (χ1v) is 14.0. The summed E-state index contributed by atoms with van der Waals surface area (Å²) in [4.78, 5) is 14.6. The average Bonchev–Trinajstić information content (AvgIpc) is 3.28. The maximum atomic E-state index is 13.0. The standard InChI is InChI=1S/C18H15F3N6O2Se.C7H13N/c19-18(20,21)30-16-13(25-27-14(16)4-1-5-15(27)22)3-2-6-23-17(28)11-7-24-26(8-11)12-9-29-10-12;1-8-3-2-6-4-7(6)5-8/h1,4-5,7-8,12H,6,9-10,22H2,(H,23,28);6-7H,2-5H2,1H3. The van der Waals surface area contributed by atoms with Crippen LogP contribution in [-0.2, 0) is 4.74 Å². The topological polar surface area (TPSA) is 103 Å². The first-order valence-electron chi connectivity index (χ1n) is 12.3. The molecule has 2 aliphatic heterocycles. The number of hydrogen-bond acceptors (Lipinski definition) is 6. The van der Waals surface area contributed by atoms with E-state index in [-0.39, 0.29) is 40.0 Å². The van der Waals surface area contributed by atoms with Crippen molar-refractivity contribution < 1.29 is 22.7 Å². The molecule has 3 N–H and O–H groups in total. The number of pyridine rings is 1.